The van der Waals surface area contributed by atoms with Crippen molar-refractivity contribution in [3.63, 3.8) is 0 Å². The average Bonchev–Trinajstić information content (AvgIpc) is 3.00. The van der Waals surface area contributed by atoms with Crippen LogP contribution >= 0.6 is 11.6 Å². The Hall–Kier alpha value is -2.66. The molecule has 1 N–H and O–H groups in total. The minimum Gasteiger partial charge on any atom is -0.355 e. The van der Waals surface area contributed by atoms with E-state index in [-0.39, 0.29) is 11.5 Å². The number of amides is 1. The lowest BCUT2D eigenvalue weighted by atomic mass is 10.1. The number of nitrogens with one attached hydrogen (secondary N) is 1. The normalized spacial score (nSPS) is 10.5. The molecular weight excluding hydrogens is 307 g/mol. The van der Waals surface area contributed by atoms with Crippen LogP contribution in [0.15, 0.2) is 59.1 Å². The van der Waals surface area contributed by atoms with E-state index in [2.05, 4.69) is 10.5 Å². The van der Waals surface area contributed by atoms with E-state index in [0.717, 1.165) is 5.56 Å². The first-order chi connectivity index (χ1) is 10.6. The Morgan fingerprint density at radius 3 is 2.45 bits per heavy atom. The number of benzene rings is 2. The van der Waals surface area contributed by atoms with Crippen LogP contribution in [0.2, 0.25) is 5.02 Å². The predicted molar refractivity (Wildman–Crippen MR) is 81.3 cm³/mol. The van der Waals surface area contributed by atoms with Gasteiger partial charge in [-0.2, -0.15) is 0 Å². The van der Waals surface area contributed by atoms with Crippen LogP contribution in [0.1, 0.15) is 10.5 Å². The first-order valence-electron chi connectivity index (χ1n) is 6.41. The van der Waals surface area contributed by atoms with Gasteiger partial charge in [-0.1, -0.05) is 16.8 Å². The fourth-order valence-corrected chi connectivity index (χ4v) is 1.99. The monoisotopic (exact) mass is 316 g/mol. The van der Waals surface area contributed by atoms with Gasteiger partial charge in [0.05, 0.1) is 0 Å². The van der Waals surface area contributed by atoms with Gasteiger partial charge in [0, 0.05) is 22.3 Å². The molecule has 3 rings (SSSR count). The summed E-state index contributed by atoms with van der Waals surface area (Å²) in [6, 6.07) is 14.0. The smallest absolute Gasteiger partial charge is 0.277 e. The Kier molecular flexibility index (Phi) is 3.89. The first-order valence-corrected chi connectivity index (χ1v) is 6.79. The van der Waals surface area contributed by atoms with Crippen LogP contribution in [-0.2, 0) is 0 Å². The Bertz CT molecular complexity index is 798. The summed E-state index contributed by atoms with van der Waals surface area (Å²) < 4.78 is 18.0. The molecule has 0 fully saturated rings. The van der Waals surface area contributed by atoms with E-state index < -0.39 is 5.91 Å². The van der Waals surface area contributed by atoms with E-state index in [9.17, 15) is 9.18 Å². The minimum atomic E-state index is -0.435. The third kappa shape index (κ3) is 3.15. The Labute approximate surface area is 130 Å². The molecule has 22 heavy (non-hydrogen) atoms. The summed E-state index contributed by atoms with van der Waals surface area (Å²) >= 11 is 5.82. The molecule has 6 heteroatoms. The number of anilines is 1. The molecule has 1 amide bonds. The molecule has 1 heterocycles. The van der Waals surface area contributed by atoms with E-state index >= 15 is 0 Å². The summed E-state index contributed by atoms with van der Waals surface area (Å²) in [6.45, 7) is 0. The molecule has 4 nitrogen and oxygen atoms in total. The zero-order chi connectivity index (χ0) is 15.5. The second-order valence-electron chi connectivity index (χ2n) is 4.54. The summed E-state index contributed by atoms with van der Waals surface area (Å²) in [5.74, 6) is -0.346. The predicted octanol–water partition coefficient (Wildman–Crippen LogP) is 4.39. The van der Waals surface area contributed by atoms with E-state index in [1.54, 1.807) is 24.3 Å². The quantitative estimate of drug-likeness (QED) is 0.779. The van der Waals surface area contributed by atoms with Crippen LogP contribution in [0.25, 0.3) is 11.3 Å². The third-order valence-corrected chi connectivity index (χ3v) is 3.23. The molecule has 0 saturated carbocycles. The summed E-state index contributed by atoms with van der Waals surface area (Å²) in [5.41, 5.74) is 1.37. The van der Waals surface area contributed by atoms with Crippen molar-refractivity contribution >= 4 is 23.2 Å². The van der Waals surface area contributed by atoms with Gasteiger partial charge in [-0.25, -0.2) is 4.39 Å². The van der Waals surface area contributed by atoms with Gasteiger partial charge >= 0.3 is 0 Å². The molecule has 1 aromatic heterocycles. The molecular formula is C16H10ClFN2O2. The third-order valence-electron chi connectivity index (χ3n) is 2.97. The van der Waals surface area contributed by atoms with E-state index in [0.29, 0.717) is 16.5 Å². The van der Waals surface area contributed by atoms with Crippen LogP contribution in [0.4, 0.5) is 10.1 Å². The van der Waals surface area contributed by atoms with Gasteiger partial charge < -0.3 is 9.84 Å². The zero-order valence-electron chi connectivity index (χ0n) is 11.2. The highest BCUT2D eigenvalue weighted by atomic mass is 35.5. The Morgan fingerprint density at radius 1 is 1.09 bits per heavy atom. The molecule has 0 aliphatic heterocycles. The lowest BCUT2D eigenvalue weighted by molar-refractivity contribution is 0.101. The van der Waals surface area contributed by atoms with Crippen LogP contribution in [0.3, 0.4) is 0 Å². The molecule has 0 aliphatic rings. The van der Waals surface area contributed by atoms with Gasteiger partial charge in [-0.3, -0.25) is 4.79 Å². The van der Waals surface area contributed by atoms with Crippen molar-refractivity contribution in [3.8, 4) is 11.3 Å². The number of carbonyl (C=O) groups is 1. The molecule has 3 aromatic rings. The van der Waals surface area contributed by atoms with Gasteiger partial charge in [0.1, 0.15) is 5.82 Å². The van der Waals surface area contributed by atoms with Crippen LogP contribution in [-0.4, -0.2) is 11.1 Å². The lowest BCUT2D eigenvalue weighted by Gasteiger charge is -2.01. The van der Waals surface area contributed by atoms with Crippen molar-refractivity contribution in [1.29, 1.82) is 0 Å². The van der Waals surface area contributed by atoms with Crippen molar-refractivity contribution in [2.24, 2.45) is 0 Å². The van der Waals surface area contributed by atoms with Crippen molar-refractivity contribution < 1.29 is 13.7 Å². The van der Waals surface area contributed by atoms with Gasteiger partial charge in [0.2, 0.25) is 0 Å². The Balaban J connectivity index is 1.76. The highest BCUT2D eigenvalue weighted by Gasteiger charge is 2.14. The number of carbonyl (C=O) groups excluding carboxylic acids is 1. The molecule has 0 unspecified atom stereocenters. The number of nitrogens with zero attached hydrogens (tertiary/aromatic N) is 1. The molecule has 0 atom stereocenters. The summed E-state index contributed by atoms with van der Waals surface area (Å²) in [4.78, 5) is 12.0. The number of hydrogen-bond acceptors (Lipinski definition) is 3. The van der Waals surface area contributed by atoms with E-state index in [1.165, 1.54) is 30.3 Å². The van der Waals surface area contributed by atoms with Crippen molar-refractivity contribution in [1.82, 2.24) is 5.16 Å². The number of aromatic nitrogens is 1. The molecule has 0 radical (unpaired) electrons. The second-order valence-corrected chi connectivity index (χ2v) is 4.98. The molecule has 2 aromatic carbocycles. The second kappa shape index (κ2) is 5.99. The summed E-state index contributed by atoms with van der Waals surface area (Å²) in [6.07, 6.45) is 0. The number of rotatable bonds is 3. The topological polar surface area (TPSA) is 55.1 Å². The Morgan fingerprint density at radius 2 is 1.77 bits per heavy atom. The lowest BCUT2D eigenvalue weighted by Crippen LogP contribution is -2.12. The fraction of sp³-hybridized carbons (Fsp3) is 0. The van der Waals surface area contributed by atoms with Gasteiger partial charge in [-0.05, 0) is 48.5 Å². The van der Waals surface area contributed by atoms with Crippen molar-refractivity contribution in [3.05, 3.63) is 71.1 Å². The maximum atomic E-state index is 12.8. The SMILES string of the molecule is O=C(Nc1ccc(F)cc1)c1cc(-c2ccc(Cl)cc2)on1. The largest absolute Gasteiger partial charge is 0.355 e. The van der Waals surface area contributed by atoms with Gasteiger partial charge in [0.15, 0.2) is 11.5 Å². The van der Waals surface area contributed by atoms with Gasteiger partial charge in [-0.15, -0.1) is 0 Å². The highest BCUT2D eigenvalue weighted by Crippen LogP contribution is 2.22. The van der Waals surface area contributed by atoms with Gasteiger partial charge in [0.25, 0.3) is 5.91 Å². The zero-order valence-corrected chi connectivity index (χ0v) is 12.0. The van der Waals surface area contributed by atoms with E-state index in [4.69, 9.17) is 16.1 Å². The standard InChI is InChI=1S/C16H10ClFN2O2/c17-11-3-1-10(2-4-11)15-9-14(20-22-15)16(21)19-13-7-5-12(18)6-8-13/h1-9H,(H,19,21). The molecule has 0 saturated heterocycles. The maximum absolute atomic E-state index is 12.8. The summed E-state index contributed by atoms with van der Waals surface area (Å²) in [7, 11) is 0. The van der Waals surface area contributed by atoms with Crippen LogP contribution < -0.4 is 5.32 Å². The first kappa shape index (κ1) is 14.3. The summed E-state index contributed by atoms with van der Waals surface area (Å²) in [5, 5.41) is 6.95. The highest BCUT2D eigenvalue weighted by molar-refractivity contribution is 6.30. The number of halogens is 2. The van der Waals surface area contributed by atoms with Crippen LogP contribution in [0, 0.1) is 5.82 Å². The molecule has 0 spiro atoms. The van der Waals surface area contributed by atoms with Crippen molar-refractivity contribution in [2.75, 3.05) is 5.32 Å². The average molecular weight is 317 g/mol. The molecule has 110 valence electrons. The van der Waals surface area contributed by atoms with Crippen molar-refractivity contribution in [2.45, 2.75) is 0 Å². The van der Waals surface area contributed by atoms with E-state index in [1.807, 2.05) is 0 Å². The molecule has 0 aliphatic carbocycles. The van der Waals surface area contributed by atoms with Crippen LogP contribution in [0.5, 0.6) is 0 Å². The minimum absolute atomic E-state index is 0.134. The maximum Gasteiger partial charge on any atom is 0.277 e. The fourth-order valence-electron chi connectivity index (χ4n) is 1.86. The number of hydrogen-bond donors (Lipinski definition) is 1. The molecule has 0 bridgehead atoms.